The van der Waals surface area contributed by atoms with Gasteiger partial charge in [0, 0.05) is 5.69 Å². The maximum absolute atomic E-state index is 13.2. The molecule has 9 heteroatoms. The second kappa shape index (κ2) is 9.27. The van der Waals surface area contributed by atoms with Crippen molar-refractivity contribution in [2.45, 2.75) is 26.6 Å². The molecule has 33 heavy (non-hydrogen) atoms. The maximum atomic E-state index is 13.2. The molecule has 5 nitrogen and oxygen atoms in total. The molecule has 0 atom stereocenters. The summed E-state index contributed by atoms with van der Waals surface area (Å²) in [6.45, 7) is 3.89. The summed E-state index contributed by atoms with van der Waals surface area (Å²) in [7, 11) is -3.57. The Morgan fingerprint density at radius 1 is 0.939 bits per heavy atom. The topological polar surface area (TPSA) is 66.5 Å². The Bertz CT molecular complexity index is 1270. The molecule has 1 N–H and O–H groups in total. The van der Waals surface area contributed by atoms with Gasteiger partial charge in [-0.3, -0.25) is 9.10 Å². The van der Waals surface area contributed by atoms with Crippen molar-refractivity contribution in [3.63, 3.8) is 0 Å². The number of carbonyl (C=O) groups excluding carboxylic acids is 1. The molecule has 3 rings (SSSR count). The van der Waals surface area contributed by atoms with Gasteiger partial charge in [0.1, 0.15) is 0 Å². The van der Waals surface area contributed by atoms with Gasteiger partial charge in [-0.15, -0.1) is 0 Å². The number of benzene rings is 3. The number of halogens is 3. The average Bonchev–Trinajstić information content (AvgIpc) is 2.74. The molecule has 0 heterocycles. The second-order valence-corrected chi connectivity index (χ2v) is 9.64. The molecule has 0 aliphatic carbocycles. The lowest BCUT2D eigenvalue weighted by atomic mass is 10.1. The van der Waals surface area contributed by atoms with E-state index in [1.165, 1.54) is 28.6 Å². The smallest absolute Gasteiger partial charge is 0.322 e. The van der Waals surface area contributed by atoms with Crippen molar-refractivity contribution in [3.05, 3.63) is 94.5 Å². The third-order valence-corrected chi connectivity index (χ3v) is 6.33. The summed E-state index contributed by atoms with van der Waals surface area (Å²) in [5, 5.41) is 2.46. The Labute approximate surface area is 190 Å². The van der Waals surface area contributed by atoms with E-state index in [0.29, 0.717) is 11.3 Å². The number of rotatable bonds is 6. The molecule has 0 bridgehead atoms. The average molecular weight is 477 g/mol. The molecule has 174 valence electrons. The van der Waals surface area contributed by atoms with Gasteiger partial charge in [0.15, 0.2) is 0 Å². The minimum atomic E-state index is -4.65. The van der Waals surface area contributed by atoms with Crippen LogP contribution in [0.1, 0.15) is 32.6 Å². The van der Waals surface area contributed by atoms with Crippen LogP contribution in [0.4, 0.5) is 24.5 Å². The molecule has 3 aromatic carbocycles. The van der Waals surface area contributed by atoms with E-state index in [4.69, 9.17) is 0 Å². The first-order valence-corrected chi connectivity index (χ1v) is 11.8. The number of alkyl halides is 3. The van der Waals surface area contributed by atoms with E-state index in [-0.39, 0.29) is 12.2 Å². The molecular formula is C24H23F3N2O3S. The molecule has 0 unspecified atom stereocenters. The van der Waals surface area contributed by atoms with Crippen molar-refractivity contribution < 1.29 is 26.4 Å². The van der Waals surface area contributed by atoms with Crippen LogP contribution in [0.5, 0.6) is 0 Å². The highest BCUT2D eigenvalue weighted by Gasteiger charge is 2.34. The molecule has 0 saturated heterocycles. The van der Waals surface area contributed by atoms with Gasteiger partial charge in [0.2, 0.25) is 10.0 Å². The van der Waals surface area contributed by atoms with Gasteiger partial charge in [-0.1, -0.05) is 30.3 Å². The fourth-order valence-corrected chi connectivity index (χ4v) is 4.15. The molecule has 0 fully saturated rings. The van der Waals surface area contributed by atoms with Gasteiger partial charge in [0.25, 0.3) is 5.91 Å². The van der Waals surface area contributed by atoms with E-state index < -0.39 is 33.2 Å². The lowest BCUT2D eigenvalue weighted by Gasteiger charge is -2.23. The van der Waals surface area contributed by atoms with Gasteiger partial charge in [-0.2, -0.15) is 13.2 Å². The van der Waals surface area contributed by atoms with Crippen LogP contribution < -0.4 is 9.62 Å². The molecule has 1 amide bonds. The largest absolute Gasteiger partial charge is 0.417 e. The summed E-state index contributed by atoms with van der Waals surface area (Å²) in [6.07, 6.45) is -3.53. The molecule has 0 aliphatic heterocycles. The first-order chi connectivity index (χ1) is 15.4. The molecule has 0 radical (unpaired) electrons. The number of carbonyl (C=O) groups is 1. The number of anilines is 2. The summed E-state index contributed by atoms with van der Waals surface area (Å²) in [6, 6.07) is 16.2. The maximum Gasteiger partial charge on any atom is 0.417 e. The molecule has 0 aromatic heterocycles. The Kier molecular flexibility index (Phi) is 6.83. The molecule has 0 saturated carbocycles. The SMILES string of the molecule is Cc1ccc(N(Cc2ccc(NC(=O)c3ccccc3C(F)(F)F)cc2)S(C)(=O)=O)cc1C. The number of aryl methyl sites for hydroxylation is 2. The Hall–Kier alpha value is -3.33. The quantitative estimate of drug-likeness (QED) is 0.508. The van der Waals surface area contributed by atoms with Crippen LogP contribution >= 0.6 is 0 Å². The summed E-state index contributed by atoms with van der Waals surface area (Å²) in [5.74, 6) is -0.886. The van der Waals surface area contributed by atoms with Crippen LogP contribution in [-0.2, 0) is 22.7 Å². The fraction of sp³-hybridized carbons (Fsp3) is 0.208. The van der Waals surface area contributed by atoms with Crippen molar-refractivity contribution in [3.8, 4) is 0 Å². The van der Waals surface area contributed by atoms with Crippen molar-refractivity contribution in [2.75, 3.05) is 15.9 Å². The number of nitrogens with zero attached hydrogens (tertiary/aromatic N) is 1. The number of hydrogen-bond acceptors (Lipinski definition) is 3. The van der Waals surface area contributed by atoms with Crippen molar-refractivity contribution in [1.82, 2.24) is 0 Å². The fourth-order valence-electron chi connectivity index (χ4n) is 3.27. The third-order valence-electron chi connectivity index (χ3n) is 5.19. The van der Waals surface area contributed by atoms with Crippen LogP contribution in [0, 0.1) is 13.8 Å². The lowest BCUT2D eigenvalue weighted by molar-refractivity contribution is -0.137. The van der Waals surface area contributed by atoms with Crippen molar-refractivity contribution in [2.24, 2.45) is 0 Å². The van der Waals surface area contributed by atoms with E-state index in [1.807, 2.05) is 19.9 Å². The summed E-state index contributed by atoms with van der Waals surface area (Å²) in [4.78, 5) is 12.4. The predicted octanol–water partition coefficient (Wildman–Crippen LogP) is 5.54. The minimum absolute atomic E-state index is 0.0620. The van der Waals surface area contributed by atoms with Crippen LogP contribution in [-0.4, -0.2) is 20.6 Å². The zero-order chi connectivity index (χ0) is 24.4. The Morgan fingerprint density at radius 3 is 2.15 bits per heavy atom. The van der Waals surface area contributed by atoms with Gasteiger partial charge in [-0.05, 0) is 66.9 Å². The van der Waals surface area contributed by atoms with Gasteiger partial charge in [0.05, 0.1) is 29.6 Å². The van der Waals surface area contributed by atoms with E-state index in [0.717, 1.165) is 29.5 Å². The molecule has 0 aliphatic rings. The van der Waals surface area contributed by atoms with Gasteiger partial charge < -0.3 is 5.32 Å². The summed E-state index contributed by atoms with van der Waals surface area (Å²) < 4.78 is 65.6. The van der Waals surface area contributed by atoms with Crippen molar-refractivity contribution >= 4 is 27.3 Å². The Morgan fingerprint density at radius 2 is 1.58 bits per heavy atom. The van der Waals surface area contributed by atoms with Gasteiger partial charge in [-0.25, -0.2) is 8.42 Å². The van der Waals surface area contributed by atoms with Crippen LogP contribution in [0.25, 0.3) is 0 Å². The number of amides is 1. The van der Waals surface area contributed by atoms with Crippen LogP contribution in [0.15, 0.2) is 66.7 Å². The highest BCUT2D eigenvalue weighted by molar-refractivity contribution is 7.92. The van der Waals surface area contributed by atoms with Crippen LogP contribution in [0.3, 0.4) is 0 Å². The van der Waals surface area contributed by atoms with Crippen LogP contribution in [0.2, 0.25) is 0 Å². The second-order valence-electron chi connectivity index (χ2n) is 7.73. The number of nitrogens with one attached hydrogen (secondary N) is 1. The Balaban J connectivity index is 1.80. The lowest BCUT2D eigenvalue weighted by Crippen LogP contribution is -2.29. The monoisotopic (exact) mass is 476 g/mol. The van der Waals surface area contributed by atoms with E-state index in [1.54, 1.807) is 24.3 Å². The highest BCUT2D eigenvalue weighted by atomic mass is 32.2. The predicted molar refractivity (Wildman–Crippen MR) is 123 cm³/mol. The first-order valence-electron chi connectivity index (χ1n) is 9.98. The minimum Gasteiger partial charge on any atom is -0.322 e. The van der Waals surface area contributed by atoms with E-state index in [2.05, 4.69) is 5.32 Å². The number of hydrogen-bond donors (Lipinski definition) is 1. The summed E-state index contributed by atoms with van der Waals surface area (Å²) in [5.41, 5.74) is 1.97. The zero-order valence-electron chi connectivity index (χ0n) is 18.3. The number of sulfonamides is 1. The zero-order valence-corrected chi connectivity index (χ0v) is 19.1. The highest BCUT2D eigenvalue weighted by Crippen LogP contribution is 2.32. The van der Waals surface area contributed by atoms with E-state index >= 15 is 0 Å². The van der Waals surface area contributed by atoms with E-state index in [9.17, 15) is 26.4 Å². The molecular weight excluding hydrogens is 453 g/mol. The van der Waals surface area contributed by atoms with Gasteiger partial charge >= 0.3 is 6.18 Å². The van der Waals surface area contributed by atoms with Crippen molar-refractivity contribution in [1.29, 1.82) is 0 Å². The molecule has 0 spiro atoms. The summed E-state index contributed by atoms with van der Waals surface area (Å²) >= 11 is 0. The first kappa shape index (κ1) is 24.3. The third kappa shape index (κ3) is 5.92. The normalized spacial score (nSPS) is 11.8. The standard InChI is InChI=1S/C24H23F3N2O3S/c1-16-8-13-20(14-17(16)2)29(33(3,31)32)15-18-9-11-19(12-10-18)28-23(30)21-6-4-5-7-22(21)24(25,26)27/h4-14H,15H2,1-3H3,(H,28,30). The molecule has 3 aromatic rings.